The number of hydrogen-bond acceptors (Lipinski definition) is 6. The van der Waals surface area contributed by atoms with E-state index in [-0.39, 0.29) is 35.2 Å². The highest BCUT2D eigenvalue weighted by Crippen LogP contribution is 2.45. The number of piperazine rings is 1. The molecule has 0 bridgehead atoms. The Kier molecular flexibility index (Phi) is 7.04. The highest BCUT2D eigenvalue weighted by Gasteiger charge is 2.65. The molecule has 9 nitrogen and oxygen atoms in total. The Bertz CT molecular complexity index is 1580. The third kappa shape index (κ3) is 4.90. The van der Waals surface area contributed by atoms with Gasteiger partial charge >= 0.3 is 0 Å². The summed E-state index contributed by atoms with van der Waals surface area (Å²) >= 11 is 1.39. The van der Waals surface area contributed by atoms with E-state index in [4.69, 9.17) is 0 Å². The van der Waals surface area contributed by atoms with E-state index in [1.54, 1.807) is 34.9 Å². The number of nitrogens with one attached hydrogen (secondary N) is 2. The Morgan fingerprint density at radius 3 is 2.40 bits per heavy atom. The summed E-state index contributed by atoms with van der Waals surface area (Å²) in [6.45, 7) is 9.65. The number of thiophene rings is 1. The van der Waals surface area contributed by atoms with Gasteiger partial charge in [0.1, 0.15) is 6.04 Å². The van der Waals surface area contributed by atoms with Gasteiger partial charge in [-0.3, -0.25) is 14.4 Å². The Balaban J connectivity index is 1.22. The number of amides is 3. The molecule has 2 fully saturated rings. The molecule has 2 unspecified atom stereocenters. The van der Waals surface area contributed by atoms with E-state index in [9.17, 15) is 22.8 Å². The minimum Gasteiger partial charge on any atom is -0.339 e. The molecule has 212 valence electrons. The molecule has 3 aromatic rings. The van der Waals surface area contributed by atoms with Crippen LogP contribution in [0, 0.1) is 12.3 Å². The second-order valence-corrected chi connectivity index (χ2v) is 14.7. The smallest absolute Gasteiger partial charge is 0.262 e. The third-order valence-corrected chi connectivity index (χ3v) is 10.7. The number of hydrogen-bond donors (Lipinski definition) is 2. The number of carbonyl (C=O) groups excluding carboxylic acids is 3. The lowest BCUT2D eigenvalue weighted by Crippen LogP contribution is -2.89. The van der Waals surface area contributed by atoms with Crippen LogP contribution in [0.5, 0.6) is 0 Å². The first-order chi connectivity index (χ1) is 18.7. The van der Waals surface area contributed by atoms with Crippen LogP contribution >= 0.6 is 11.3 Å². The summed E-state index contributed by atoms with van der Waals surface area (Å²) in [5.41, 5.74) is -0.509. The zero-order valence-electron chi connectivity index (χ0n) is 23.2. The van der Waals surface area contributed by atoms with Crippen LogP contribution in [-0.4, -0.2) is 73.2 Å². The Morgan fingerprint density at radius 1 is 1.10 bits per heavy atom. The van der Waals surface area contributed by atoms with Crippen LogP contribution in [-0.2, 0) is 19.6 Å². The van der Waals surface area contributed by atoms with Crippen molar-refractivity contribution in [3.8, 4) is 0 Å². The van der Waals surface area contributed by atoms with Gasteiger partial charge in [0.15, 0.2) is 0 Å². The van der Waals surface area contributed by atoms with Crippen molar-refractivity contribution in [2.24, 2.45) is 5.41 Å². The number of nitrogens with zero attached hydrogens (tertiary/aromatic N) is 2. The van der Waals surface area contributed by atoms with Crippen molar-refractivity contribution in [2.45, 2.75) is 57.1 Å². The lowest BCUT2D eigenvalue weighted by atomic mass is 9.70. The normalized spacial score (nSPS) is 21.3. The van der Waals surface area contributed by atoms with Gasteiger partial charge in [-0.05, 0) is 48.4 Å². The molecule has 11 heteroatoms. The molecule has 2 aliphatic heterocycles. The molecule has 5 rings (SSSR count). The van der Waals surface area contributed by atoms with Gasteiger partial charge in [-0.25, -0.2) is 13.1 Å². The molecule has 3 atom stereocenters. The van der Waals surface area contributed by atoms with E-state index < -0.39 is 27.0 Å². The number of sulfonamides is 1. The highest BCUT2D eigenvalue weighted by molar-refractivity contribution is 7.89. The van der Waals surface area contributed by atoms with E-state index in [0.29, 0.717) is 23.5 Å². The second-order valence-electron chi connectivity index (χ2n) is 11.9. The molecular weight excluding hydrogens is 548 g/mol. The minimum absolute atomic E-state index is 0.141. The highest BCUT2D eigenvalue weighted by atomic mass is 32.2. The van der Waals surface area contributed by atoms with Crippen LogP contribution in [0.2, 0.25) is 0 Å². The third-order valence-electron chi connectivity index (χ3n) is 7.98. The average Bonchev–Trinajstić information content (AvgIpc) is 3.33. The van der Waals surface area contributed by atoms with Crippen LogP contribution in [0.4, 0.5) is 0 Å². The lowest BCUT2D eigenvalue weighted by molar-refractivity contribution is -0.206. The van der Waals surface area contributed by atoms with Crippen molar-refractivity contribution in [2.75, 3.05) is 19.6 Å². The Hall–Kier alpha value is -3.28. The van der Waals surface area contributed by atoms with Gasteiger partial charge in [-0.1, -0.05) is 57.2 Å². The molecule has 2 N–H and O–H groups in total. The predicted molar refractivity (Wildman–Crippen MR) is 155 cm³/mol. The number of rotatable bonds is 7. The lowest BCUT2D eigenvalue weighted by Gasteiger charge is -2.69. The molecule has 2 saturated heterocycles. The maximum absolute atomic E-state index is 13.7. The van der Waals surface area contributed by atoms with Crippen molar-refractivity contribution in [1.29, 1.82) is 0 Å². The van der Waals surface area contributed by atoms with Gasteiger partial charge in [-0.15, -0.1) is 11.3 Å². The number of benzene rings is 2. The number of carbonyl (C=O) groups is 3. The molecule has 0 radical (unpaired) electrons. The van der Waals surface area contributed by atoms with Crippen molar-refractivity contribution in [3.63, 3.8) is 0 Å². The number of fused-ring (bicyclic) bond motifs is 2. The minimum atomic E-state index is -3.83. The quantitative estimate of drug-likeness (QED) is 0.444. The first-order valence-corrected chi connectivity index (χ1v) is 15.5. The maximum atomic E-state index is 13.7. The zero-order chi connectivity index (χ0) is 29.0. The van der Waals surface area contributed by atoms with Crippen LogP contribution < -0.4 is 10.0 Å². The summed E-state index contributed by atoms with van der Waals surface area (Å²) in [5, 5.41) is 3.96. The topological polar surface area (TPSA) is 116 Å². The zero-order valence-corrected chi connectivity index (χ0v) is 24.9. The van der Waals surface area contributed by atoms with Gasteiger partial charge < -0.3 is 15.1 Å². The maximum Gasteiger partial charge on any atom is 0.262 e. The number of likely N-dealkylation sites (tertiary alicyclic amines) is 2. The molecule has 3 heterocycles. The van der Waals surface area contributed by atoms with Crippen molar-refractivity contribution in [3.05, 3.63) is 65.0 Å². The molecule has 0 spiro atoms. The van der Waals surface area contributed by atoms with E-state index in [1.807, 2.05) is 58.0 Å². The molecule has 3 amide bonds. The van der Waals surface area contributed by atoms with Crippen molar-refractivity contribution in [1.82, 2.24) is 19.8 Å². The summed E-state index contributed by atoms with van der Waals surface area (Å²) in [6.07, 6.45) is 0. The SMILES string of the molecule is Cc1ccccc1S(=O)(=O)NCC(=O)N1CC2(C)[C@H]1CN2C(=O)C(NC(=O)c1cc2ccccc2s1)C(C)(C)C. The van der Waals surface area contributed by atoms with Crippen molar-refractivity contribution >= 4 is 49.2 Å². The average molecular weight is 583 g/mol. The fourth-order valence-corrected chi connectivity index (χ4v) is 7.70. The van der Waals surface area contributed by atoms with Gasteiger partial charge in [0.2, 0.25) is 21.8 Å². The van der Waals surface area contributed by atoms with Gasteiger partial charge in [0.05, 0.1) is 27.9 Å². The van der Waals surface area contributed by atoms with Crippen LogP contribution in [0.3, 0.4) is 0 Å². The monoisotopic (exact) mass is 582 g/mol. The molecule has 1 aromatic heterocycles. The Morgan fingerprint density at radius 2 is 1.77 bits per heavy atom. The Labute approximate surface area is 238 Å². The summed E-state index contributed by atoms with van der Waals surface area (Å²) in [5.74, 6) is -0.812. The van der Waals surface area contributed by atoms with Gasteiger partial charge in [-0.2, -0.15) is 0 Å². The summed E-state index contributed by atoms with van der Waals surface area (Å²) in [7, 11) is -3.83. The van der Waals surface area contributed by atoms with E-state index >= 15 is 0 Å². The predicted octanol–water partition coefficient (Wildman–Crippen LogP) is 3.14. The molecule has 0 aliphatic carbocycles. The molecular formula is C29H34N4O5S2. The van der Waals surface area contributed by atoms with E-state index in [2.05, 4.69) is 10.0 Å². The first-order valence-electron chi connectivity index (χ1n) is 13.2. The fraction of sp³-hybridized carbons (Fsp3) is 0.414. The van der Waals surface area contributed by atoms with E-state index in [1.165, 1.54) is 17.4 Å². The number of aryl methyl sites for hydroxylation is 1. The molecule has 40 heavy (non-hydrogen) atoms. The standard InChI is InChI=1S/C29H34N4O5S2/c1-18-10-6-9-13-22(18)40(37,38)30-15-24(34)32-17-29(5)23(32)16-33(29)27(36)25(28(2,3)4)31-26(35)21-14-19-11-7-8-12-20(19)39-21/h6-14,23,25,30H,15-17H2,1-5H3,(H,31,35)/t23-,25?,29?/m1/s1. The summed E-state index contributed by atoms with van der Waals surface area (Å²) < 4.78 is 28.8. The second kappa shape index (κ2) is 9.97. The molecule has 2 aliphatic rings. The van der Waals surface area contributed by atoms with Crippen LogP contribution in [0.15, 0.2) is 59.5 Å². The summed E-state index contributed by atoms with van der Waals surface area (Å²) in [6, 6.07) is 15.2. The van der Waals surface area contributed by atoms with Gasteiger partial charge in [0, 0.05) is 17.8 Å². The molecule has 2 aromatic carbocycles. The summed E-state index contributed by atoms with van der Waals surface area (Å²) in [4.78, 5) is 43.9. The molecule has 0 saturated carbocycles. The first kappa shape index (κ1) is 28.3. The largest absolute Gasteiger partial charge is 0.339 e. The van der Waals surface area contributed by atoms with E-state index in [0.717, 1.165) is 10.1 Å². The van der Waals surface area contributed by atoms with Gasteiger partial charge in [0.25, 0.3) is 5.91 Å². The van der Waals surface area contributed by atoms with Crippen LogP contribution in [0.1, 0.15) is 42.9 Å². The van der Waals surface area contributed by atoms with Crippen molar-refractivity contribution < 1.29 is 22.8 Å². The fourth-order valence-electron chi connectivity index (χ4n) is 5.51. The van der Waals surface area contributed by atoms with Crippen LogP contribution in [0.25, 0.3) is 10.1 Å².